The molecule has 12 heteroatoms. The van der Waals surface area contributed by atoms with Crippen molar-refractivity contribution < 1.29 is 27.5 Å². The summed E-state index contributed by atoms with van der Waals surface area (Å²) in [6.07, 6.45) is 6.10. The van der Waals surface area contributed by atoms with Crippen molar-refractivity contribution in [1.29, 1.82) is 0 Å². The Morgan fingerprint density at radius 3 is 2.29 bits per heavy atom. The van der Waals surface area contributed by atoms with Gasteiger partial charge in [-0.25, -0.2) is 8.42 Å². The lowest BCUT2D eigenvalue weighted by molar-refractivity contribution is -0.140. The molecule has 0 aliphatic heterocycles. The highest BCUT2D eigenvalue weighted by Crippen LogP contribution is 2.34. The van der Waals surface area contributed by atoms with Gasteiger partial charge in [-0.15, -0.1) is 0 Å². The maximum atomic E-state index is 14.4. The van der Waals surface area contributed by atoms with Gasteiger partial charge in [-0.05, 0) is 48.2 Å². The summed E-state index contributed by atoms with van der Waals surface area (Å²) in [7, 11) is -1.10. The van der Waals surface area contributed by atoms with Crippen molar-refractivity contribution in [2.75, 3.05) is 31.3 Å². The van der Waals surface area contributed by atoms with E-state index in [4.69, 9.17) is 32.7 Å². The first-order chi connectivity index (χ1) is 21.5. The number of amides is 2. The van der Waals surface area contributed by atoms with Gasteiger partial charge in [0.1, 0.15) is 24.1 Å². The van der Waals surface area contributed by atoms with Crippen LogP contribution in [0.2, 0.25) is 10.0 Å². The van der Waals surface area contributed by atoms with Crippen LogP contribution in [-0.2, 0) is 32.6 Å². The van der Waals surface area contributed by atoms with E-state index in [-0.39, 0.29) is 36.4 Å². The molecule has 1 unspecified atom stereocenters. The highest BCUT2D eigenvalue weighted by Gasteiger charge is 2.35. The number of carbonyl (C=O) groups excluding carboxylic acids is 2. The molecule has 1 fully saturated rings. The van der Waals surface area contributed by atoms with Crippen LogP contribution in [0.25, 0.3) is 0 Å². The number of halogens is 2. The van der Waals surface area contributed by atoms with E-state index >= 15 is 0 Å². The standard InChI is InChI=1S/C33H39Cl2N3O6S/c1-43-27-16-17-29(31(20-27)44-2)38(45(3,41)42)22-32(39)37(21-24-14-15-25(34)19-28(24)35)30(18-23-10-6-4-7-11-23)33(40)36-26-12-8-5-9-13-26/h4,6-7,10-11,14-17,19-20,26,30H,5,8-9,12-13,18,21-22H2,1-3H3,(H,36,40). The number of nitrogens with one attached hydrogen (secondary N) is 1. The van der Waals surface area contributed by atoms with Crippen molar-refractivity contribution in [3.05, 3.63) is 87.9 Å². The quantitative estimate of drug-likeness (QED) is 0.243. The molecule has 3 aromatic carbocycles. The van der Waals surface area contributed by atoms with E-state index in [1.807, 2.05) is 30.3 Å². The molecule has 0 heterocycles. The van der Waals surface area contributed by atoms with Crippen LogP contribution in [0, 0.1) is 0 Å². The Labute approximate surface area is 275 Å². The molecule has 0 aromatic heterocycles. The predicted octanol–water partition coefficient (Wildman–Crippen LogP) is 5.87. The second kappa shape index (κ2) is 15.7. The SMILES string of the molecule is COc1ccc(N(CC(=O)N(Cc2ccc(Cl)cc2Cl)C(Cc2ccccc2)C(=O)NC2CCCCC2)S(C)(=O)=O)c(OC)c1. The Morgan fingerprint density at radius 1 is 0.956 bits per heavy atom. The number of ether oxygens (including phenoxy) is 2. The molecule has 0 saturated heterocycles. The van der Waals surface area contributed by atoms with Crippen LogP contribution < -0.4 is 19.1 Å². The smallest absolute Gasteiger partial charge is 0.244 e. The number of methoxy groups -OCH3 is 2. The lowest BCUT2D eigenvalue weighted by Crippen LogP contribution is -2.55. The van der Waals surface area contributed by atoms with Gasteiger partial charge >= 0.3 is 0 Å². The fraction of sp³-hybridized carbons (Fsp3) is 0.394. The first kappa shape index (κ1) is 34.4. The van der Waals surface area contributed by atoms with Gasteiger partial charge in [0, 0.05) is 35.1 Å². The fourth-order valence-corrected chi connectivity index (χ4v) is 6.84. The Morgan fingerprint density at radius 2 is 1.67 bits per heavy atom. The minimum Gasteiger partial charge on any atom is -0.497 e. The number of nitrogens with zero attached hydrogens (tertiary/aromatic N) is 2. The van der Waals surface area contributed by atoms with Gasteiger partial charge in [-0.1, -0.05) is 78.9 Å². The topological polar surface area (TPSA) is 105 Å². The number of sulfonamides is 1. The summed E-state index contributed by atoms with van der Waals surface area (Å²) in [5, 5.41) is 3.92. The molecule has 1 N–H and O–H groups in total. The molecule has 2 amide bonds. The van der Waals surface area contributed by atoms with Gasteiger partial charge in [0.15, 0.2) is 0 Å². The molecule has 3 aromatic rings. The Balaban J connectivity index is 1.77. The molecular weight excluding hydrogens is 637 g/mol. The molecule has 4 rings (SSSR count). The molecule has 1 saturated carbocycles. The summed E-state index contributed by atoms with van der Waals surface area (Å²) in [4.78, 5) is 29.9. The van der Waals surface area contributed by atoms with Crippen molar-refractivity contribution in [3.63, 3.8) is 0 Å². The van der Waals surface area contributed by atoms with Gasteiger partial charge < -0.3 is 19.7 Å². The molecule has 242 valence electrons. The zero-order chi connectivity index (χ0) is 32.6. The average Bonchev–Trinajstić information content (AvgIpc) is 3.02. The molecule has 0 radical (unpaired) electrons. The third-order valence-corrected chi connectivity index (χ3v) is 9.63. The summed E-state index contributed by atoms with van der Waals surface area (Å²) in [6, 6.07) is 18.0. The predicted molar refractivity (Wildman–Crippen MR) is 178 cm³/mol. The van der Waals surface area contributed by atoms with Crippen molar-refractivity contribution in [3.8, 4) is 11.5 Å². The summed E-state index contributed by atoms with van der Waals surface area (Å²) >= 11 is 12.7. The van der Waals surface area contributed by atoms with Crippen LogP contribution in [0.4, 0.5) is 5.69 Å². The largest absolute Gasteiger partial charge is 0.497 e. The maximum Gasteiger partial charge on any atom is 0.244 e. The fourth-order valence-electron chi connectivity index (χ4n) is 5.52. The maximum absolute atomic E-state index is 14.4. The number of hydrogen-bond acceptors (Lipinski definition) is 6. The molecule has 1 aliphatic rings. The van der Waals surface area contributed by atoms with E-state index in [1.54, 1.807) is 30.3 Å². The summed E-state index contributed by atoms with van der Waals surface area (Å²) in [5.74, 6) is -0.242. The summed E-state index contributed by atoms with van der Waals surface area (Å²) in [6.45, 7) is -0.642. The van der Waals surface area contributed by atoms with Crippen LogP contribution in [0.15, 0.2) is 66.7 Å². The average molecular weight is 677 g/mol. The van der Waals surface area contributed by atoms with Crippen molar-refractivity contribution in [2.24, 2.45) is 0 Å². The van der Waals surface area contributed by atoms with Crippen LogP contribution >= 0.6 is 23.2 Å². The molecule has 0 bridgehead atoms. The zero-order valence-corrected chi connectivity index (χ0v) is 28.0. The number of rotatable bonds is 13. The highest BCUT2D eigenvalue weighted by atomic mass is 35.5. The third kappa shape index (κ3) is 9.28. The van der Waals surface area contributed by atoms with Crippen molar-refractivity contribution in [1.82, 2.24) is 10.2 Å². The van der Waals surface area contributed by atoms with E-state index in [2.05, 4.69) is 5.32 Å². The van der Waals surface area contributed by atoms with Crippen LogP contribution in [0.3, 0.4) is 0 Å². The van der Waals surface area contributed by atoms with E-state index in [0.29, 0.717) is 21.4 Å². The van der Waals surface area contributed by atoms with Crippen LogP contribution in [0.5, 0.6) is 11.5 Å². The zero-order valence-electron chi connectivity index (χ0n) is 25.7. The summed E-state index contributed by atoms with van der Waals surface area (Å²) < 4.78 is 38.1. The second-order valence-corrected chi connectivity index (χ2v) is 13.9. The first-order valence-electron chi connectivity index (χ1n) is 14.8. The van der Waals surface area contributed by atoms with Crippen LogP contribution in [-0.4, -0.2) is 64.2 Å². The molecule has 1 aliphatic carbocycles. The lowest BCUT2D eigenvalue weighted by Gasteiger charge is -2.35. The molecule has 1 atom stereocenters. The Hall–Kier alpha value is -3.47. The van der Waals surface area contributed by atoms with E-state index < -0.39 is 28.5 Å². The Kier molecular flexibility index (Phi) is 12.0. The first-order valence-corrected chi connectivity index (χ1v) is 17.4. The second-order valence-electron chi connectivity index (χ2n) is 11.1. The van der Waals surface area contributed by atoms with E-state index in [1.165, 1.54) is 25.2 Å². The third-order valence-electron chi connectivity index (χ3n) is 7.91. The number of anilines is 1. The van der Waals surface area contributed by atoms with Gasteiger partial charge in [0.25, 0.3) is 0 Å². The minimum absolute atomic E-state index is 0.00308. The van der Waals surface area contributed by atoms with E-state index in [0.717, 1.165) is 48.2 Å². The van der Waals surface area contributed by atoms with Crippen molar-refractivity contribution >= 4 is 50.7 Å². The number of hydrogen-bond donors (Lipinski definition) is 1. The lowest BCUT2D eigenvalue weighted by atomic mass is 9.94. The Bertz CT molecular complexity index is 1580. The van der Waals surface area contributed by atoms with Gasteiger partial charge in [-0.3, -0.25) is 13.9 Å². The molecule has 9 nitrogen and oxygen atoms in total. The van der Waals surface area contributed by atoms with E-state index in [9.17, 15) is 18.0 Å². The van der Waals surface area contributed by atoms with Crippen LogP contribution in [0.1, 0.15) is 43.2 Å². The molecular formula is C33H39Cl2N3O6S. The molecule has 45 heavy (non-hydrogen) atoms. The minimum atomic E-state index is -3.99. The molecule has 0 spiro atoms. The van der Waals surface area contributed by atoms with Gasteiger partial charge in [-0.2, -0.15) is 0 Å². The van der Waals surface area contributed by atoms with Gasteiger partial charge in [0.05, 0.1) is 26.2 Å². The summed E-state index contributed by atoms with van der Waals surface area (Å²) in [5.41, 5.74) is 1.56. The number of carbonyl (C=O) groups is 2. The normalized spacial score (nSPS) is 14.3. The van der Waals surface area contributed by atoms with Crippen molar-refractivity contribution in [2.45, 2.75) is 57.2 Å². The monoisotopic (exact) mass is 675 g/mol. The van der Waals surface area contributed by atoms with Gasteiger partial charge in [0.2, 0.25) is 21.8 Å². The number of benzene rings is 3. The highest BCUT2D eigenvalue weighted by molar-refractivity contribution is 7.92.